The van der Waals surface area contributed by atoms with Crippen LogP contribution in [0.3, 0.4) is 0 Å². The monoisotopic (exact) mass is 496 g/mol. The highest BCUT2D eigenvalue weighted by molar-refractivity contribution is 7.99. The molecular formula is C24H18Cl2N4O2S. The van der Waals surface area contributed by atoms with Gasteiger partial charge in [0.2, 0.25) is 0 Å². The van der Waals surface area contributed by atoms with E-state index in [2.05, 4.69) is 15.5 Å². The number of nitrogens with zero attached hydrogens (tertiary/aromatic N) is 3. The average Bonchev–Trinajstić information content (AvgIpc) is 2.80. The molecule has 6 nitrogen and oxygen atoms in total. The number of aryl methyl sites for hydroxylation is 1. The van der Waals surface area contributed by atoms with Gasteiger partial charge in [-0.25, -0.2) is 10.4 Å². The quantitative estimate of drug-likeness (QED) is 0.171. The lowest BCUT2D eigenvalue weighted by molar-refractivity contribution is -0.118. The van der Waals surface area contributed by atoms with Crippen LogP contribution < -0.4 is 11.0 Å². The Morgan fingerprint density at radius 3 is 2.67 bits per heavy atom. The van der Waals surface area contributed by atoms with Crippen LogP contribution in [0.5, 0.6) is 0 Å². The largest absolute Gasteiger partial charge is 0.272 e. The van der Waals surface area contributed by atoms with Crippen LogP contribution in [0.2, 0.25) is 10.0 Å². The highest BCUT2D eigenvalue weighted by atomic mass is 35.5. The smallest absolute Gasteiger partial charge is 0.266 e. The summed E-state index contributed by atoms with van der Waals surface area (Å²) in [5, 5.41) is 5.83. The predicted molar refractivity (Wildman–Crippen MR) is 135 cm³/mol. The van der Waals surface area contributed by atoms with E-state index in [1.807, 2.05) is 37.3 Å². The van der Waals surface area contributed by atoms with Crippen LogP contribution in [-0.2, 0) is 4.79 Å². The standard InChI is InChI=1S/C24H18Cl2N4O2S/c1-15-6-2-5-9-21(15)30-23(32)18-7-3-4-8-20(18)28-24(30)33-14-22(31)29-27-13-16-10-11-17(25)12-19(16)26/h2-13H,14H2,1H3,(H,29,31)/b27-13-. The summed E-state index contributed by atoms with van der Waals surface area (Å²) in [6.07, 6.45) is 1.44. The second kappa shape index (κ2) is 10.2. The van der Waals surface area contributed by atoms with Crippen LogP contribution in [0.1, 0.15) is 11.1 Å². The molecule has 3 aromatic carbocycles. The molecule has 4 rings (SSSR count). The van der Waals surface area contributed by atoms with Gasteiger partial charge in [-0.15, -0.1) is 0 Å². The Morgan fingerprint density at radius 1 is 1.12 bits per heavy atom. The van der Waals surface area contributed by atoms with Crippen LogP contribution in [0.15, 0.2) is 81.8 Å². The molecule has 0 saturated carbocycles. The van der Waals surface area contributed by atoms with Gasteiger partial charge in [-0.1, -0.05) is 71.4 Å². The SMILES string of the molecule is Cc1ccccc1-n1c(SCC(=O)N/N=C\c2ccc(Cl)cc2Cl)nc2ccccc2c1=O. The van der Waals surface area contributed by atoms with E-state index in [0.717, 1.165) is 23.0 Å². The number of amides is 1. The van der Waals surface area contributed by atoms with E-state index in [9.17, 15) is 9.59 Å². The maximum Gasteiger partial charge on any atom is 0.266 e. The molecule has 0 atom stereocenters. The van der Waals surface area contributed by atoms with Crippen molar-refractivity contribution in [3.63, 3.8) is 0 Å². The number of aromatic nitrogens is 2. The number of halogens is 2. The van der Waals surface area contributed by atoms with Crippen LogP contribution in [0.25, 0.3) is 16.6 Å². The summed E-state index contributed by atoms with van der Waals surface area (Å²) >= 11 is 13.1. The number of hydrazone groups is 1. The molecule has 0 bridgehead atoms. The van der Waals surface area contributed by atoms with Gasteiger partial charge in [-0.3, -0.25) is 14.2 Å². The van der Waals surface area contributed by atoms with Crippen LogP contribution in [0.4, 0.5) is 0 Å². The molecule has 0 radical (unpaired) electrons. The van der Waals surface area contributed by atoms with Gasteiger partial charge in [0.05, 0.1) is 33.6 Å². The topological polar surface area (TPSA) is 76.3 Å². The number of rotatable bonds is 6. The number of fused-ring (bicyclic) bond motifs is 1. The fourth-order valence-corrected chi connectivity index (χ4v) is 4.43. The molecule has 0 unspecified atom stereocenters. The minimum atomic E-state index is -0.347. The number of nitrogens with one attached hydrogen (secondary N) is 1. The lowest BCUT2D eigenvalue weighted by Crippen LogP contribution is -2.24. The van der Waals surface area contributed by atoms with Crippen molar-refractivity contribution in [2.75, 3.05) is 5.75 Å². The second-order valence-corrected chi connectivity index (χ2v) is 8.87. The summed E-state index contributed by atoms with van der Waals surface area (Å²) in [5.41, 5.74) is 5.12. The van der Waals surface area contributed by atoms with Crippen LogP contribution >= 0.6 is 35.0 Å². The Bertz CT molecular complexity index is 1440. The molecule has 1 aromatic heterocycles. The highest BCUT2D eigenvalue weighted by Gasteiger charge is 2.15. The van der Waals surface area contributed by atoms with Crippen molar-refractivity contribution in [3.05, 3.63) is 98.3 Å². The zero-order chi connectivity index (χ0) is 23.4. The zero-order valence-electron chi connectivity index (χ0n) is 17.5. The molecule has 1 heterocycles. The number of carbonyl (C=O) groups is 1. The lowest BCUT2D eigenvalue weighted by Gasteiger charge is -2.14. The van der Waals surface area contributed by atoms with E-state index >= 15 is 0 Å². The molecule has 9 heteroatoms. The molecule has 0 aliphatic heterocycles. The summed E-state index contributed by atoms with van der Waals surface area (Å²) in [6, 6.07) is 19.7. The Kier molecular flexibility index (Phi) is 7.13. The molecule has 0 aliphatic carbocycles. The van der Waals surface area contributed by atoms with Gasteiger partial charge in [0, 0.05) is 10.6 Å². The Hall–Kier alpha value is -3.13. The predicted octanol–water partition coefficient (Wildman–Crippen LogP) is 5.24. The van der Waals surface area contributed by atoms with Gasteiger partial charge in [0.25, 0.3) is 11.5 Å². The number of hydrogen-bond donors (Lipinski definition) is 1. The van der Waals surface area contributed by atoms with E-state index in [0.29, 0.717) is 31.7 Å². The number of thioether (sulfide) groups is 1. The second-order valence-electron chi connectivity index (χ2n) is 7.09. The third-order valence-electron chi connectivity index (χ3n) is 4.79. The summed E-state index contributed by atoms with van der Waals surface area (Å²) in [5.74, 6) is -0.331. The van der Waals surface area contributed by atoms with Crippen molar-refractivity contribution in [2.45, 2.75) is 12.1 Å². The van der Waals surface area contributed by atoms with Gasteiger partial charge in [-0.05, 0) is 42.8 Å². The Morgan fingerprint density at radius 2 is 1.88 bits per heavy atom. The molecule has 33 heavy (non-hydrogen) atoms. The first-order valence-electron chi connectivity index (χ1n) is 9.91. The fourth-order valence-electron chi connectivity index (χ4n) is 3.18. The van der Waals surface area contributed by atoms with Gasteiger partial charge < -0.3 is 0 Å². The van der Waals surface area contributed by atoms with E-state index in [1.165, 1.54) is 6.21 Å². The number of carbonyl (C=O) groups excluding carboxylic acids is 1. The first-order chi connectivity index (χ1) is 15.9. The summed E-state index contributed by atoms with van der Waals surface area (Å²) in [7, 11) is 0. The van der Waals surface area contributed by atoms with Crippen molar-refractivity contribution in [2.24, 2.45) is 5.10 Å². The zero-order valence-corrected chi connectivity index (χ0v) is 19.8. The molecule has 4 aromatic rings. The minimum absolute atomic E-state index is 0.0162. The normalized spacial score (nSPS) is 11.2. The molecule has 0 spiro atoms. The molecule has 0 aliphatic rings. The Balaban J connectivity index is 1.57. The molecule has 166 valence electrons. The molecule has 1 N–H and O–H groups in total. The van der Waals surface area contributed by atoms with E-state index in [1.54, 1.807) is 41.0 Å². The van der Waals surface area contributed by atoms with Crippen molar-refractivity contribution in [3.8, 4) is 5.69 Å². The van der Waals surface area contributed by atoms with Crippen molar-refractivity contribution in [1.29, 1.82) is 0 Å². The molecular weight excluding hydrogens is 479 g/mol. The Labute approximate surface area is 204 Å². The van der Waals surface area contributed by atoms with Gasteiger partial charge in [-0.2, -0.15) is 5.10 Å². The van der Waals surface area contributed by atoms with Crippen molar-refractivity contribution in [1.82, 2.24) is 15.0 Å². The number of benzene rings is 3. The van der Waals surface area contributed by atoms with Gasteiger partial charge in [0.15, 0.2) is 5.16 Å². The third kappa shape index (κ3) is 5.27. The lowest BCUT2D eigenvalue weighted by atomic mass is 10.2. The summed E-state index contributed by atoms with van der Waals surface area (Å²) in [6.45, 7) is 1.93. The first kappa shape index (κ1) is 23.0. The van der Waals surface area contributed by atoms with Crippen molar-refractivity contribution < 1.29 is 4.79 Å². The van der Waals surface area contributed by atoms with Crippen LogP contribution in [0, 0.1) is 6.92 Å². The van der Waals surface area contributed by atoms with E-state index in [-0.39, 0.29) is 17.2 Å². The maximum atomic E-state index is 13.3. The number of para-hydroxylation sites is 2. The molecule has 0 fully saturated rings. The molecule has 1 amide bonds. The summed E-state index contributed by atoms with van der Waals surface area (Å²) < 4.78 is 1.55. The highest BCUT2D eigenvalue weighted by Crippen LogP contribution is 2.23. The fraction of sp³-hybridized carbons (Fsp3) is 0.0833. The van der Waals surface area contributed by atoms with E-state index < -0.39 is 0 Å². The van der Waals surface area contributed by atoms with Gasteiger partial charge in [0.1, 0.15) is 0 Å². The summed E-state index contributed by atoms with van der Waals surface area (Å²) in [4.78, 5) is 30.3. The van der Waals surface area contributed by atoms with Crippen molar-refractivity contribution >= 4 is 58.0 Å². The maximum absolute atomic E-state index is 13.3. The third-order valence-corrected chi connectivity index (χ3v) is 6.29. The first-order valence-corrected chi connectivity index (χ1v) is 11.7. The minimum Gasteiger partial charge on any atom is -0.272 e. The van der Waals surface area contributed by atoms with Gasteiger partial charge >= 0.3 is 0 Å². The van der Waals surface area contributed by atoms with E-state index in [4.69, 9.17) is 23.2 Å². The average molecular weight is 497 g/mol. The van der Waals surface area contributed by atoms with Crippen LogP contribution in [-0.4, -0.2) is 27.4 Å². The number of hydrogen-bond acceptors (Lipinski definition) is 5. The molecule has 0 saturated heterocycles.